The number of anilines is 1. The van der Waals surface area contributed by atoms with Crippen molar-refractivity contribution in [1.82, 2.24) is 0 Å². The van der Waals surface area contributed by atoms with Crippen LogP contribution < -0.4 is 10.2 Å². The third-order valence-electron chi connectivity index (χ3n) is 4.29. The molecule has 1 saturated heterocycles. The number of nitrogens with one attached hydrogen (secondary N) is 2. The number of ether oxygens (including phenoxy) is 2. The normalized spacial score (nSPS) is 14.6. The molecular weight excluding hydrogens is 368 g/mol. The predicted octanol–water partition coefficient (Wildman–Crippen LogP) is 1.55. The lowest BCUT2D eigenvalue weighted by Crippen LogP contribution is -3.12. The van der Waals surface area contributed by atoms with Crippen molar-refractivity contribution in [3.8, 4) is 0 Å². The second-order valence-corrected chi connectivity index (χ2v) is 6.81. The molecule has 1 fully saturated rings. The topological polar surface area (TPSA) is 69.1 Å². The number of amides is 1. The first-order valence-corrected chi connectivity index (χ1v) is 9.21. The van der Waals surface area contributed by atoms with Gasteiger partial charge in [-0.05, 0) is 30.3 Å². The minimum absolute atomic E-state index is 0.356. The third-order valence-corrected chi connectivity index (χ3v) is 4.52. The van der Waals surface area contributed by atoms with Crippen molar-refractivity contribution in [2.24, 2.45) is 0 Å². The monoisotopic (exact) mass is 389 g/mol. The van der Waals surface area contributed by atoms with Crippen LogP contribution in [0.3, 0.4) is 0 Å². The number of morpholine rings is 1. The molecule has 142 valence electrons. The van der Waals surface area contributed by atoms with Gasteiger partial charge >= 0.3 is 5.97 Å². The maximum atomic E-state index is 12.1. The summed E-state index contributed by atoms with van der Waals surface area (Å²) in [6.07, 6.45) is 0. The van der Waals surface area contributed by atoms with Crippen molar-refractivity contribution in [3.05, 3.63) is 64.7 Å². The average Bonchev–Trinajstić information content (AvgIpc) is 2.67. The molecule has 0 aromatic heterocycles. The SMILES string of the molecule is O=C(COC(=O)c1ccc(C[NH+]2CCOCC2)cc1)Nc1cccc(Cl)c1. The molecule has 2 N–H and O–H groups in total. The highest BCUT2D eigenvalue weighted by Gasteiger charge is 2.15. The Bertz CT molecular complexity index is 789. The number of benzene rings is 2. The van der Waals surface area contributed by atoms with E-state index in [2.05, 4.69) is 5.32 Å². The van der Waals surface area contributed by atoms with Gasteiger partial charge in [-0.2, -0.15) is 0 Å². The Morgan fingerprint density at radius 1 is 1.11 bits per heavy atom. The fraction of sp³-hybridized carbons (Fsp3) is 0.300. The van der Waals surface area contributed by atoms with Crippen LogP contribution in [0.15, 0.2) is 48.5 Å². The van der Waals surface area contributed by atoms with E-state index in [1.54, 1.807) is 36.4 Å². The molecule has 0 radical (unpaired) electrons. The highest BCUT2D eigenvalue weighted by molar-refractivity contribution is 6.30. The van der Waals surface area contributed by atoms with Gasteiger partial charge in [-0.15, -0.1) is 0 Å². The summed E-state index contributed by atoms with van der Waals surface area (Å²) >= 11 is 5.87. The zero-order valence-electron chi connectivity index (χ0n) is 14.9. The van der Waals surface area contributed by atoms with Gasteiger partial charge in [0.15, 0.2) is 6.61 Å². The molecule has 1 heterocycles. The van der Waals surface area contributed by atoms with Gasteiger partial charge in [0.25, 0.3) is 5.91 Å². The minimum atomic E-state index is -0.526. The summed E-state index contributed by atoms with van der Waals surface area (Å²) in [7, 11) is 0. The minimum Gasteiger partial charge on any atom is -0.452 e. The van der Waals surface area contributed by atoms with E-state index in [1.165, 1.54) is 4.90 Å². The molecule has 1 aliphatic rings. The summed E-state index contributed by atoms with van der Waals surface area (Å²) in [5.74, 6) is -0.945. The number of quaternary nitrogens is 1. The maximum Gasteiger partial charge on any atom is 0.338 e. The molecule has 0 aliphatic carbocycles. The van der Waals surface area contributed by atoms with Crippen LogP contribution >= 0.6 is 11.6 Å². The van der Waals surface area contributed by atoms with E-state index in [0.29, 0.717) is 16.3 Å². The molecule has 2 aromatic rings. The van der Waals surface area contributed by atoms with E-state index in [4.69, 9.17) is 21.1 Å². The van der Waals surface area contributed by atoms with Gasteiger partial charge in [0.05, 0.1) is 18.8 Å². The fourth-order valence-corrected chi connectivity index (χ4v) is 3.05. The van der Waals surface area contributed by atoms with Gasteiger partial charge < -0.3 is 19.7 Å². The van der Waals surface area contributed by atoms with E-state index in [-0.39, 0.29) is 6.61 Å². The van der Waals surface area contributed by atoms with E-state index in [0.717, 1.165) is 38.4 Å². The molecule has 0 spiro atoms. The first kappa shape index (κ1) is 19.4. The van der Waals surface area contributed by atoms with Gasteiger partial charge in [-0.3, -0.25) is 4.79 Å². The Morgan fingerprint density at radius 3 is 2.56 bits per heavy atom. The zero-order valence-corrected chi connectivity index (χ0v) is 15.6. The Labute approximate surface area is 163 Å². The Hall–Kier alpha value is -2.41. The Balaban J connectivity index is 1.46. The van der Waals surface area contributed by atoms with Crippen molar-refractivity contribution in [1.29, 1.82) is 0 Å². The second kappa shape index (κ2) is 9.50. The lowest BCUT2D eigenvalue weighted by atomic mass is 10.1. The van der Waals surface area contributed by atoms with Crippen LogP contribution in [-0.4, -0.2) is 44.8 Å². The van der Waals surface area contributed by atoms with Crippen molar-refractivity contribution in [2.45, 2.75) is 6.54 Å². The van der Waals surface area contributed by atoms with Crippen LogP contribution in [0, 0.1) is 0 Å². The van der Waals surface area contributed by atoms with Gasteiger partial charge in [0.1, 0.15) is 19.6 Å². The molecule has 2 aromatic carbocycles. The number of esters is 1. The highest BCUT2D eigenvalue weighted by Crippen LogP contribution is 2.14. The van der Waals surface area contributed by atoms with Gasteiger partial charge in [-0.25, -0.2) is 4.79 Å². The largest absolute Gasteiger partial charge is 0.452 e. The molecule has 1 aliphatic heterocycles. The molecule has 0 atom stereocenters. The highest BCUT2D eigenvalue weighted by atomic mass is 35.5. The summed E-state index contributed by atoms with van der Waals surface area (Å²) in [5.41, 5.74) is 2.13. The predicted molar refractivity (Wildman–Crippen MR) is 102 cm³/mol. The Morgan fingerprint density at radius 2 is 1.85 bits per heavy atom. The van der Waals surface area contributed by atoms with Gasteiger partial charge in [0, 0.05) is 16.3 Å². The zero-order chi connectivity index (χ0) is 19.1. The molecule has 7 heteroatoms. The molecule has 3 rings (SSSR count). The number of carbonyl (C=O) groups is 2. The van der Waals surface area contributed by atoms with Gasteiger partial charge in [-0.1, -0.05) is 29.8 Å². The summed E-state index contributed by atoms with van der Waals surface area (Å²) in [6, 6.07) is 14.1. The quantitative estimate of drug-likeness (QED) is 0.735. The van der Waals surface area contributed by atoms with Crippen molar-refractivity contribution in [2.75, 3.05) is 38.2 Å². The summed E-state index contributed by atoms with van der Waals surface area (Å²) in [5, 5.41) is 3.15. The molecule has 0 saturated carbocycles. The second-order valence-electron chi connectivity index (χ2n) is 6.37. The van der Waals surface area contributed by atoms with Crippen LogP contribution in [-0.2, 0) is 20.8 Å². The van der Waals surface area contributed by atoms with Crippen molar-refractivity contribution >= 4 is 29.2 Å². The van der Waals surface area contributed by atoms with Gasteiger partial charge in [0.2, 0.25) is 0 Å². The van der Waals surface area contributed by atoms with Crippen LogP contribution in [0.4, 0.5) is 5.69 Å². The van der Waals surface area contributed by atoms with Crippen LogP contribution in [0.25, 0.3) is 0 Å². The smallest absolute Gasteiger partial charge is 0.338 e. The average molecular weight is 390 g/mol. The van der Waals surface area contributed by atoms with E-state index >= 15 is 0 Å². The van der Waals surface area contributed by atoms with Crippen LogP contribution in [0.2, 0.25) is 5.02 Å². The first-order valence-electron chi connectivity index (χ1n) is 8.83. The van der Waals surface area contributed by atoms with Crippen LogP contribution in [0.1, 0.15) is 15.9 Å². The molecule has 6 nitrogen and oxygen atoms in total. The standard InChI is InChI=1S/C20H21ClN2O4/c21-17-2-1-3-18(12-17)22-19(24)14-27-20(25)16-6-4-15(5-7-16)13-23-8-10-26-11-9-23/h1-7,12H,8-11,13-14H2,(H,22,24)/p+1. The molecular formula is C20H22ClN2O4+. The number of hydrogen-bond acceptors (Lipinski definition) is 4. The molecule has 0 bridgehead atoms. The summed E-state index contributed by atoms with van der Waals surface area (Å²) < 4.78 is 10.4. The van der Waals surface area contributed by atoms with Crippen molar-refractivity contribution in [3.63, 3.8) is 0 Å². The summed E-state index contributed by atoms with van der Waals surface area (Å²) in [4.78, 5) is 25.5. The maximum absolute atomic E-state index is 12.1. The number of halogens is 1. The van der Waals surface area contributed by atoms with E-state index in [9.17, 15) is 9.59 Å². The molecule has 0 unspecified atom stereocenters. The third kappa shape index (κ3) is 6.06. The number of carbonyl (C=O) groups excluding carboxylic acids is 2. The lowest BCUT2D eigenvalue weighted by molar-refractivity contribution is -0.921. The molecule has 1 amide bonds. The Kier molecular flexibility index (Phi) is 6.81. The van der Waals surface area contributed by atoms with E-state index in [1.807, 2.05) is 12.1 Å². The fourth-order valence-electron chi connectivity index (χ4n) is 2.86. The lowest BCUT2D eigenvalue weighted by Gasteiger charge is -2.23. The summed E-state index contributed by atoms with van der Waals surface area (Å²) in [6.45, 7) is 4.11. The van der Waals surface area contributed by atoms with E-state index < -0.39 is 11.9 Å². The van der Waals surface area contributed by atoms with Crippen LogP contribution in [0.5, 0.6) is 0 Å². The first-order chi connectivity index (χ1) is 13.1. The number of hydrogen-bond donors (Lipinski definition) is 2. The molecule has 27 heavy (non-hydrogen) atoms. The number of rotatable bonds is 6. The van der Waals surface area contributed by atoms with Crippen molar-refractivity contribution < 1.29 is 24.0 Å².